The summed E-state index contributed by atoms with van der Waals surface area (Å²) < 4.78 is 0. The summed E-state index contributed by atoms with van der Waals surface area (Å²) >= 11 is 1.60. The monoisotopic (exact) mass is 304 g/mol. The lowest BCUT2D eigenvalue weighted by Gasteiger charge is -2.05. The van der Waals surface area contributed by atoms with Crippen molar-refractivity contribution in [1.82, 2.24) is 4.98 Å². The van der Waals surface area contributed by atoms with Crippen molar-refractivity contribution in [3.8, 4) is 11.8 Å². The quantitative estimate of drug-likeness (QED) is 0.732. The Labute approximate surface area is 132 Å². The number of anilines is 1. The third-order valence-electron chi connectivity index (χ3n) is 2.90. The largest absolute Gasteiger partial charge is 0.322 e. The molecule has 0 bridgehead atoms. The van der Waals surface area contributed by atoms with Crippen molar-refractivity contribution in [2.45, 2.75) is 0 Å². The molecule has 3 rings (SSSR count). The van der Waals surface area contributed by atoms with E-state index in [2.05, 4.69) is 22.1 Å². The van der Waals surface area contributed by atoms with E-state index in [1.807, 2.05) is 41.8 Å². The maximum absolute atomic E-state index is 12.1. The standard InChI is InChI=1S/C18H12N2OS/c21-18(15-5-2-10-19-13-15)20-16-6-1-4-14(12-16)8-9-17-7-3-11-22-17/h1-7,10-13H,(H,20,21). The molecule has 106 valence electrons. The average molecular weight is 304 g/mol. The molecule has 2 heterocycles. The number of pyridine rings is 1. The highest BCUT2D eigenvalue weighted by Gasteiger charge is 2.05. The number of thiophene rings is 1. The van der Waals surface area contributed by atoms with Gasteiger partial charge in [0.15, 0.2) is 0 Å². The summed E-state index contributed by atoms with van der Waals surface area (Å²) in [7, 11) is 0. The Morgan fingerprint density at radius 3 is 2.82 bits per heavy atom. The number of carbonyl (C=O) groups is 1. The van der Waals surface area contributed by atoms with Crippen LogP contribution in [0.2, 0.25) is 0 Å². The summed E-state index contributed by atoms with van der Waals surface area (Å²) in [6.07, 6.45) is 3.17. The Kier molecular flexibility index (Phi) is 4.28. The molecule has 0 saturated heterocycles. The number of benzene rings is 1. The zero-order chi connectivity index (χ0) is 15.2. The van der Waals surface area contributed by atoms with Crippen LogP contribution in [-0.2, 0) is 0 Å². The minimum absolute atomic E-state index is 0.184. The predicted molar refractivity (Wildman–Crippen MR) is 88.9 cm³/mol. The Hall–Kier alpha value is -2.90. The first kappa shape index (κ1) is 14.1. The van der Waals surface area contributed by atoms with Gasteiger partial charge in [-0.3, -0.25) is 9.78 Å². The van der Waals surface area contributed by atoms with Gasteiger partial charge in [-0.1, -0.05) is 24.0 Å². The molecule has 0 fully saturated rings. The highest BCUT2D eigenvalue weighted by Crippen LogP contribution is 2.12. The molecular formula is C18H12N2OS. The number of hydrogen-bond donors (Lipinski definition) is 1. The number of nitrogens with one attached hydrogen (secondary N) is 1. The van der Waals surface area contributed by atoms with Crippen LogP contribution in [0.4, 0.5) is 5.69 Å². The fraction of sp³-hybridized carbons (Fsp3) is 0. The Balaban J connectivity index is 1.75. The van der Waals surface area contributed by atoms with Crippen LogP contribution >= 0.6 is 11.3 Å². The van der Waals surface area contributed by atoms with E-state index in [0.717, 1.165) is 10.4 Å². The predicted octanol–water partition coefficient (Wildman–Crippen LogP) is 3.80. The van der Waals surface area contributed by atoms with Crippen LogP contribution < -0.4 is 5.32 Å². The second kappa shape index (κ2) is 6.70. The van der Waals surface area contributed by atoms with E-state index in [9.17, 15) is 4.79 Å². The summed E-state index contributed by atoms with van der Waals surface area (Å²) in [5.41, 5.74) is 2.10. The molecule has 0 aliphatic rings. The third kappa shape index (κ3) is 3.60. The summed E-state index contributed by atoms with van der Waals surface area (Å²) in [4.78, 5) is 17.0. The zero-order valence-corrected chi connectivity index (χ0v) is 12.4. The van der Waals surface area contributed by atoms with E-state index in [0.29, 0.717) is 11.3 Å². The van der Waals surface area contributed by atoms with Crippen LogP contribution in [-0.4, -0.2) is 10.9 Å². The van der Waals surface area contributed by atoms with Crippen molar-refractivity contribution in [2.75, 3.05) is 5.32 Å². The molecule has 0 saturated carbocycles. The molecule has 0 atom stereocenters. The number of carbonyl (C=O) groups excluding carboxylic acids is 1. The van der Waals surface area contributed by atoms with Gasteiger partial charge in [0.2, 0.25) is 0 Å². The highest BCUT2D eigenvalue weighted by molar-refractivity contribution is 7.10. The fourth-order valence-corrected chi connectivity index (χ4v) is 2.43. The van der Waals surface area contributed by atoms with Crippen molar-refractivity contribution < 1.29 is 4.79 Å². The number of hydrogen-bond acceptors (Lipinski definition) is 3. The van der Waals surface area contributed by atoms with E-state index in [4.69, 9.17) is 0 Å². The number of nitrogens with zero attached hydrogens (tertiary/aromatic N) is 1. The minimum Gasteiger partial charge on any atom is -0.322 e. The smallest absolute Gasteiger partial charge is 0.257 e. The van der Waals surface area contributed by atoms with Gasteiger partial charge in [0.05, 0.1) is 10.4 Å². The first-order valence-electron chi connectivity index (χ1n) is 6.68. The number of rotatable bonds is 2. The van der Waals surface area contributed by atoms with Crippen LogP contribution in [0, 0.1) is 11.8 Å². The molecule has 0 aliphatic heterocycles. The fourth-order valence-electron chi connectivity index (χ4n) is 1.86. The van der Waals surface area contributed by atoms with E-state index in [1.54, 1.807) is 29.7 Å². The first-order valence-corrected chi connectivity index (χ1v) is 7.56. The molecule has 1 amide bonds. The molecule has 3 nitrogen and oxygen atoms in total. The van der Waals surface area contributed by atoms with Gasteiger partial charge < -0.3 is 5.32 Å². The topological polar surface area (TPSA) is 42.0 Å². The van der Waals surface area contributed by atoms with Crippen molar-refractivity contribution >= 4 is 22.9 Å². The van der Waals surface area contributed by atoms with Crippen LogP contribution in [0.5, 0.6) is 0 Å². The van der Waals surface area contributed by atoms with E-state index in [1.165, 1.54) is 6.20 Å². The molecule has 1 aromatic carbocycles. The lowest BCUT2D eigenvalue weighted by atomic mass is 10.2. The van der Waals surface area contributed by atoms with Gasteiger partial charge in [0.25, 0.3) is 5.91 Å². The Morgan fingerprint density at radius 2 is 2.05 bits per heavy atom. The molecule has 0 spiro atoms. The SMILES string of the molecule is O=C(Nc1cccc(C#Cc2cccs2)c1)c1cccnc1. The van der Waals surface area contributed by atoms with E-state index >= 15 is 0 Å². The van der Waals surface area contributed by atoms with Gasteiger partial charge in [0, 0.05) is 23.6 Å². The van der Waals surface area contributed by atoms with Gasteiger partial charge in [-0.05, 0) is 41.8 Å². The molecule has 4 heteroatoms. The van der Waals surface area contributed by atoms with Crippen molar-refractivity contribution in [3.05, 3.63) is 82.3 Å². The lowest BCUT2D eigenvalue weighted by Crippen LogP contribution is -2.11. The highest BCUT2D eigenvalue weighted by atomic mass is 32.1. The zero-order valence-electron chi connectivity index (χ0n) is 11.6. The Morgan fingerprint density at radius 1 is 1.09 bits per heavy atom. The maximum Gasteiger partial charge on any atom is 0.257 e. The molecule has 0 unspecified atom stereocenters. The molecular weight excluding hydrogens is 292 g/mol. The first-order chi connectivity index (χ1) is 10.8. The maximum atomic E-state index is 12.1. The Bertz CT molecular complexity index is 830. The third-order valence-corrected chi connectivity index (χ3v) is 3.68. The van der Waals surface area contributed by atoms with Crippen LogP contribution in [0.15, 0.2) is 66.3 Å². The molecule has 22 heavy (non-hydrogen) atoms. The van der Waals surface area contributed by atoms with Crippen LogP contribution in [0.25, 0.3) is 0 Å². The summed E-state index contributed by atoms with van der Waals surface area (Å²) in [5.74, 6) is 6.01. The minimum atomic E-state index is -0.184. The lowest BCUT2D eigenvalue weighted by molar-refractivity contribution is 0.102. The van der Waals surface area contributed by atoms with Gasteiger partial charge in [-0.15, -0.1) is 11.3 Å². The van der Waals surface area contributed by atoms with E-state index < -0.39 is 0 Å². The second-order valence-corrected chi connectivity index (χ2v) is 5.45. The van der Waals surface area contributed by atoms with Gasteiger partial charge in [-0.2, -0.15) is 0 Å². The van der Waals surface area contributed by atoms with Gasteiger partial charge in [-0.25, -0.2) is 0 Å². The summed E-state index contributed by atoms with van der Waals surface area (Å²) in [5, 5.41) is 4.84. The van der Waals surface area contributed by atoms with Crippen LogP contribution in [0.3, 0.4) is 0 Å². The molecule has 1 N–H and O–H groups in total. The molecule has 0 radical (unpaired) electrons. The normalized spacial score (nSPS) is 9.64. The summed E-state index contributed by atoms with van der Waals surface area (Å²) in [6, 6.07) is 14.9. The van der Waals surface area contributed by atoms with E-state index in [-0.39, 0.29) is 5.91 Å². The second-order valence-electron chi connectivity index (χ2n) is 4.50. The average Bonchev–Trinajstić information content (AvgIpc) is 3.08. The van der Waals surface area contributed by atoms with Crippen molar-refractivity contribution in [3.63, 3.8) is 0 Å². The molecule has 0 aliphatic carbocycles. The molecule has 3 aromatic rings. The van der Waals surface area contributed by atoms with Gasteiger partial charge >= 0.3 is 0 Å². The number of amides is 1. The van der Waals surface area contributed by atoms with Crippen LogP contribution in [0.1, 0.15) is 20.8 Å². The molecule has 2 aromatic heterocycles. The number of aromatic nitrogens is 1. The summed E-state index contributed by atoms with van der Waals surface area (Å²) in [6.45, 7) is 0. The van der Waals surface area contributed by atoms with Crippen molar-refractivity contribution in [2.24, 2.45) is 0 Å². The van der Waals surface area contributed by atoms with Crippen molar-refractivity contribution in [1.29, 1.82) is 0 Å². The van der Waals surface area contributed by atoms with Gasteiger partial charge in [0.1, 0.15) is 0 Å².